The number of carbonyl (C=O) groups is 3. The third-order valence-electron chi connectivity index (χ3n) is 4.43. The highest BCUT2D eigenvalue weighted by Gasteiger charge is 2.35. The SMILES string of the molecule is CC(=O)c1cccc(OCC(=O)Nc2ccc(NC(=O)C3CC3)cc2C(F)(F)F)c1. The van der Waals surface area contributed by atoms with E-state index in [1.165, 1.54) is 25.1 Å². The predicted octanol–water partition coefficient (Wildman–Crippen LogP) is 4.27. The molecule has 2 aromatic carbocycles. The van der Waals surface area contributed by atoms with Crippen LogP contribution in [0.5, 0.6) is 5.75 Å². The number of Topliss-reactive ketones (excluding diaryl/α,β-unsaturated/α-hetero) is 1. The van der Waals surface area contributed by atoms with Crippen LogP contribution >= 0.6 is 0 Å². The van der Waals surface area contributed by atoms with Gasteiger partial charge < -0.3 is 15.4 Å². The van der Waals surface area contributed by atoms with E-state index in [2.05, 4.69) is 10.6 Å². The number of anilines is 2. The number of nitrogens with one attached hydrogen (secondary N) is 2. The van der Waals surface area contributed by atoms with E-state index >= 15 is 0 Å². The molecule has 1 aliphatic carbocycles. The summed E-state index contributed by atoms with van der Waals surface area (Å²) in [5, 5.41) is 4.63. The molecule has 3 rings (SSSR count). The number of hydrogen-bond donors (Lipinski definition) is 2. The van der Waals surface area contributed by atoms with E-state index in [4.69, 9.17) is 4.74 Å². The molecule has 0 saturated heterocycles. The molecule has 9 heteroatoms. The van der Waals surface area contributed by atoms with Gasteiger partial charge in [0.25, 0.3) is 5.91 Å². The van der Waals surface area contributed by atoms with Crippen LogP contribution in [-0.4, -0.2) is 24.2 Å². The van der Waals surface area contributed by atoms with Gasteiger partial charge in [0.15, 0.2) is 12.4 Å². The van der Waals surface area contributed by atoms with Gasteiger partial charge in [0, 0.05) is 17.2 Å². The van der Waals surface area contributed by atoms with Crippen LogP contribution in [-0.2, 0) is 15.8 Å². The van der Waals surface area contributed by atoms with Crippen molar-refractivity contribution in [1.82, 2.24) is 0 Å². The van der Waals surface area contributed by atoms with Gasteiger partial charge in [0.2, 0.25) is 5.91 Å². The number of amides is 2. The van der Waals surface area contributed by atoms with Gasteiger partial charge in [-0.3, -0.25) is 14.4 Å². The van der Waals surface area contributed by atoms with Crippen molar-refractivity contribution in [2.24, 2.45) is 5.92 Å². The molecule has 2 N–H and O–H groups in total. The third-order valence-corrected chi connectivity index (χ3v) is 4.43. The molecule has 0 bridgehead atoms. The summed E-state index contributed by atoms with van der Waals surface area (Å²) < 4.78 is 45.6. The normalized spacial score (nSPS) is 13.5. The molecule has 0 atom stereocenters. The predicted molar refractivity (Wildman–Crippen MR) is 103 cm³/mol. The molecule has 0 radical (unpaired) electrons. The lowest BCUT2D eigenvalue weighted by molar-refractivity contribution is -0.137. The molecule has 1 saturated carbocycles. The first-order valence-electron chi connectivity index (χ1n) is 9.19. The monoisotopic (exact) mass is 420 g/mol. The summed E-state index contributed by atoms with van der Waals surface area (Å²) in [5.74, 6) is -1.22. The van der Waals surface area contributed by atoms with Crippen molar-refractivity contribution >= 4 is 29.0 Å². The van der Waals surface area contributed by atoms with Crippen molar-refractivity contribution in [1.29, 1.82) is 0 Å². The summed E-state index contributed by atoms with van der Waals surface area (Å²) in [6.07, 6.45) is -3.29. The molecule has 0 spiro atoms. The summed E-state index contributed by atoms with van der Waals surface area (Å²) in [5.41, 5.74) is -1.13. The van der Waals surface area contributed by atoms with Crippen LogP contribution in [0.4, 0.5) is 24.5 Å². The van der Waals surface area contributed by atoms with E-state index in [1.54, 1.807) is 12.1 Å². The first-order valence-corrected chi connectivity index (χ1v) is 9.19. The molecule has 0 aromatic heterocycles. The second-order valence-electron chi connectivity index (χ2n) is 6.94. The molecule has 158 valence electrons. The van der Waals surface area contributed by atoms with Crippen LogP contribution in [0.2, 0.25) is 0 Å². The smallest absolute Gasteiger partial charge is 0.418 e. The lowest BCUT2D eigenvalue weighted by Crippen LogP contribution is -2.23. The van der Waals surface area contributed by atoms with E-state index in [1.807, 2.05) is 0 Å². The number of alkyl halides is 3. The quantitative estimate of drug-likeness (QED) is 0.655. The van der Waals surface area contributed by atoms with Gasteiger partial charge in [0.1, 0.15) is 5.75 Å². The molecule has 0 unspecified atom stereocenters. The minimum Gasteiger partial charge on any atom is -0.484 e. The Morgan fingerprint density at radius 3 is 2.43 bits per heavy atom. The fraction of sp³-hybridized carbons (Fsp3) is 0.286. The number of benzene rings is 2. The first kappa shape index (κ1) is 21.4. The van der Waals surface area contributed by atoms with Crippen LogP contribution in [0.15, 0.2) is 42.5 Å². The van der Waals surface area contributed by atoms with Crippen LogP contribution in [0.3, 0.4) is 0 Å². The molecule has 30 heavy (non-hydrogen) atoms. The number of carbonyl (C=O) groups excluding carboxylic acids is 3. The number of halogens is 3. The van der Waals surface area contributed by atoms with Crippen molar-refractivity contribution in [2.45, 2.75) is 25.9 Å². The molecular formula is C21H19F3N2O4. The van der Waals surface area contributed by atoms with Gasteiger partial charge in [-0.05, 0) is 50.1 Å². The number of ketones is 1. The van der Waals surface area contributed by atoms with Crippen LogP contribution < -0.4 is 15.4 Å². The van der Waals surface area contributed by atoms with Crippen LogP contribution in [0.1, 0.15) is 35.7 Å². The minimum absolute atomic E-state index is 0.00882. The maximum atomic E-state index is 13.4. The molecule has 1 aliphatic rings. The van der Waals surface area contributed by atoms with E-state index < -0.39 is 29.9 Å². The summed E-state index contributed by atoms with van der Waals surface area (Å²) >= 11 is 0. The molecule has 0 heterocycles. The van der Waals surface area contributed by atoms with E-state index in [0.29, 0.717) is 5.56 Å². The van der Waals surface area contributed by atoms with E-state index in [0.717, 1.165) is 25.0 Å². The Morgan fingerprint density at radius 1 is 1.07 bits per heavy atom. The fourth-order valence-corrected chi connectivity index (χ4v) is 2.70. The average Bonchev–Trinajstić information content (AvgIpc) is 3.52. The van der Waals surface area contributed by atoms with Crippen molar-refractivity contribution in [3.8, 4) is 5.75 Å². The van der Waals surface area contributed by atoms with Gasteiger partial charge in [-0.1, -0.05) is 12.1 Å². The molecular weight excluding hydrogens is 401 g/mol. The van der Waals surface area contributed by atoms with Gasteiger partial charge in [-0.2, -0.15) is 13.2 Å². The molecule has 6 nitrogen and oxygen atoms in total. The molecule has 2 amide bonds. The van der Waals surface area contributed by atoms with Crippen molar-refractivity contribution in [2.75, 3.05) is 17.2 Å². The van der Waals surface area contributed by atoms with E-state index in [-0.39, 0.29) is 29.0 Å². The number of ether oxygens (including phenoxy) is 1. The largest absolute Gasteiger partial charge is 0.484 e. The number of rotatable bonds is 7. The maximum absolute atomic E-state index is 13.4. The average molecular weight is 420 g/mol. The van der Waals surface area contributed by atoms with Gasteiger partial charge in [-0.25, -0.2) is 0 Å². The maximum Gasteiger partial charge on any atom is 0.418 e. The zero-order valence-electron chi connectivity index (χ0n) is 16.0. The van der Waals surface area contributed by atoms with Crippen molar-refractivity contribution in [3.63, 3.8) is 0 Å². The van der Waals surface area contributed by atoms with Gasteiger partial charge >= 0.3 is 6.18 Å². The molecule has 0 aliphatic heterocycles. The fourth-order valence-electron chi connectivity index (χ4n) is 2.70. The topological polar surface area (TPSA) is 84.5 Å². The zero-order chi connectivity index (χ0) is 21.9. The highest BCUT2D eigenvalue weighted by Crippen LogP contribution is 2.37. The standard InChI is InChI=1S/C21H19F3N2O4/c1-12(27)14-3-2-4-16(9-14)30-11-19(28)26-18-8-7-15(10-17(18)21(22,23)24)25-20(29)13-5-6-13/h2-4,7-10,13H,5-6,11H2,1H3,(H,25,29)(H,26,28). The Hall–Kier alpha value is -3.36. The Morgan fingerprint density at radius 2 is 1.80 bits per heavy atom. The highest BCUT2D eigenvalue weighted by molar-refractivity contribution is 5.96. The highest BCUT2D eigenvalue weighted by atomic mass is 19.4. The van der Waals surface area contributed by atoms with Crippen LogP contribution in [0.25, 0.3) is 0 Å². The Balaban J connectivity index is 1.68. The summed E-state index contributed by atoms with van der Waals surface area (Å²) in [6, 6.07) is 9.27. The van der Waals surface area contributed by atoms with Crippen LogP contribution in [0, 0.1) is 5.92 Å². The Kier molecular flexibility index (Phi) is 6.09. The third kappa shape index (κ3) is 5.59. The van der Waals surface area contributed by atoms with E-state index in [9.17, 15) is 27.6 Å². The Bertz CT molecular complexity index is 984. The van der Waals surface area contributed by atoms with Gasteiger partial charge in [0.05, 0.1) is 11.3 Å². The Labute approximate surface area is 170 Å². The zero-order valence-corrected chi connectivity index (χ0v) is 16.0. The lowest BCUT2D eigenvalue weighted by atomic mass is 10.1. The lowest BCUT2D eigenvalue weighted by Gasteiger charge is -2.16. The van der Waals surface area contributed by atoms with Gasteiger partial charge in [-0.15, -0.1) is 0 Å². The second kappa shape index (κ2) is 8.56. The minimum atomic E-state index is -4.74. The van der Waals surface area contributed by atoms with Crippen molar-refractivity contribution in [3.05, 3.63) is 53.6 Å². The summed E-state index contributed by atoms with van der Waals surface area (Å²) in [7, 11) is 0. The summed E-state index contributed by atoms with van der Waals surface area (Å²) in [6.45, 7) is 0.833. The second-order valence-corrected chi connectivity index (χ2v) is 6.94. The number of hydrogen-bond acceptors (Lipinski definition) is 4. The van der Waals surface area contributed by atoms with Crippen molar-refractivity contribution < 1.29 is 32.3 Å². The summed E-state index contributed by atoms with van der Waals surface area (Å²) in [4.78, 5) is 35.3. The molecule has 1 fully saturated rings. The first-order chi connectivity index (χ1) is 14.1. The molecule has 2 aromatic rings.